The van der Waals surface area contributed by atoms with Crippen molar-refractivity contribution in [2.45, 2.75) is 6.92 Å². The number of phenolic OH excluding ortho intramolecular Hbond substituents is 1. The molecule has 19 heavy (non-hydrogen) atoms. The van der Waals surface area contributed by atoms with Gasteiger partial charge in [0.1, 0.15) is 0 Å². The maximum absolute atomic E-state index is 9.68. The second kappa shape index (κ2) is 6.01. The minimum atomic E-state index is -0.0909. The Labute approximate surface area is 113 Å². The second-order valence-corrected chi connectivity index (χ2v) is 3.80. The van der Waals surface area contributed by atoms with E-state index in [2.05, 4.69) is 31.2 Å². The minimum Gasteiger partial charge on any atom is -0.503 e. The highest BCUT2D eigenvalue weighted by Crippen LogP contribution is 2.34. The predicted octanol–water partition coefficient (Wildman–Crippen LogP) is 1.40. The molecule has 0 fully saturated rings. The number of halogens is 1. The van der Waals surface area contributed by atoms with Gasteiger partial charge in [-0.2, -0.15) is 10.3 Å². The van der Waals surface area contributed by atoms with Crippen LogP contribution >= 0.6 is 11.6 Å². The standard InChI is InChI=1S/C10H11ClN6O2/c1-2-19-8-4-6(3-7(11)9(8)18)5-12-13-10-14-16-17-15-10/h3-5,18H,2H2,1H3,(H2,13,14,15,16,17). The molecule has 0 atom stereocenters. The number of hydrogen-bond acceptors (Lipinski definition) is 7. The third-order valence-electron chi connectivity index (χ3n) is 2.07. The van der Waals surface area contributed by atoms with Crippen molar-refractivity contribution in [2.24, 2.45) is 5.10 Å². The smallest absolute Gasteiger partial charge is 0.283 e. The van der Waals surface area contributed by atoms with Gasteiger partial charge in [0.25, 0.3) is 5.95 Å². The molecule has 1 heterocycles. The number of H-pyrrole nitrogens is 1. The quantitative estimate of drug-likeness (QED) is 0.565. The number of anilines is 1. The highest BCUT2D eigenvalue weighted by molar-refractivity contribution is 6.32. The fourth-order valence-corrected chi connectivity index (χ4v) is 1.53. The number of tetrazole rings is 1. The Balaban J connectivity index is 2.13. The monoisotopic (exact) mass is 282 g/mol. The van der Waals surface area contributed by atoms with Gasteiger partial charge in [-0.15, -0.1) is 5.10 Å². The highest BCUT2D eigenvalue weighted by atomic mass is 35.5. The number of nitrogens with zero attached hydrogens (tertiary/aromatic N) is 4. The Morgan fingerprint density at radius 3 is 3.11 bits per heavy atom. The van der Waals surface area contributed by atoms with Crippen LogP contribution in [0.1, 0.15) is 12.5 Å². The summed E-state index contributed by atoms with van der Waals surface area (Å²) >= 11 is 5.88. The number of aromatic amines is 1. The van der Waals surface area contributed by atoms with Gasteiger partial charge in [-0.05, 0) is 29.8 Å². The molecule has 3 N–H and O–H groups in total. The highest BCUT2D eigenvalue weighted by Gasteiger charge is 2.08. The molecule has 0 aliphatic carbocycles. The summed E-state index contributed by atoms with van der Waals surface area (Å²) in [6, 6.07) is 3.17. The van der Waals surface area contributed by atoms with Crippen molar-refractivity contribution in [3.05, 3.63) is 22.7 Å². The van der Waals surface area contributed by atoms with Crippen molar-refractivity contribution in [2.75, 3.05) is 12.0 Å². The van der Waals surface area contributed by atoms with E-state index < -0.39 is 0 Å². The van der Waals surface area contributed by atoms with Gasteiger partial charge < -0.3 is 9.84 Å². The number of rotatable bonds is 5. The van der Waals surface area contributed by atoms with E-state index in [1.54, 1.807) is 12.1 Å². The van der Waals surface area contributed by atoms with E-state index in [9.17, 15) is 5.11 Å². The van der Waals surface area contributed by atoms with Gasteiger partial charge in [-0.25, -0.2) is 5.43 Å². The summed E-state index contributed by atoms with van der Waals surface area (Å²) in [6.45, 7) is 2.23. The lowest BCUT2D eigenvalue weighted by Crippen LogP contribution is -1.96. The van der Waals surface area contributed by atoms with Gasteiger partial charge in [0.15, 0.2) is 11.5 Å². The summed E-state index contributed by atoms with van der Waals surface area (Å²) in [5.41, 5.74) is 3.22. The summed E-state index contributed by atoms with van der Waals surface area (Å²) < 4.78 is 5.25. The topological polar surface area (TPSA) is 108 Å². The molecule has 1 aromatic heterocycles. The van der Waals surface area contributed by atoms with Crippen LogP contribution in [-0.4, -0.2) is 38.6 Å². The van der Waals surface area contributed by atoms with Crippen LogP contribution in [0, 0.1) is 0 Å². The molecule has 100 valence electrons. The van der Waals surface area contributed by atoms with Crippen LogP contribution in [0.5, 0.6) is 11.5 Å². The van der Waals surface area contributed by atoms with Gasteiger partial charge in [0.05, 0.1) is 17.8 Å². The molecule has 0 amide bonds. The van der Waals surface area contributed by atoms with Gasteiger partial charge in [-0.1, -0.05) is 16.7 Å². The first-order chi connectivity index (χ1) is 9.20. The fourth-order valence-electron chi connectivity index (χ4n) is 1.31. The van der Waals surface area contributed by atoms with Crippen molar-refractivity contribution < 1.29 is 9.84 Å². The lowest BCUT2D eigenvalue weighted by atomic mass is 10.2. The van der Waals surface area contributed by atoms with Crippen molar-refractivity contribution >= 4 is 23.8 Å². The maximum Gasteiger partial charge on any atom is 0.283 e. The number of nitrogens with one attached hydrogen (secondary N) is 2. The molecule has 1 aromatic carbocycles. The van der Waals surface area contributed by atoms with E-state index in [-0.39, 0.29) is 16.7 Å². The molecule has 0 aliphatic heterocycles. The summed E-state index contributed by atoms with van der Waals surface area (Å²) in [6.07, 6.45) is 1.49. The van der Waals surface area contributed by atoms with Gasteiger partial charge in [0, 0.05) is 0 Å². The fraction of sp³-hybridized carbons (Fsp3) is 0.200. The molecule has 0 spiro atoms. The summed E-state index contributed by atoms with van der Waals surface area (Å²) in [4.78, 5) is 0. The zero-order valence-electron chi connectivity index (χ0n) is 9.96. The third-order valence-corrected chi connectivity index (χ3v) is 2.36. The SMILES string of the molecule is CCOc1cc(C=NNc2nn[nH]n2)cc(Cl)c1O. The van der Waals surface area contributed by atoms with Crippen LogP contribution in [-0.2, 0) is 0 Å². The van der Waals surface area contributed by atoms with Crippen LogP contribution in [0.4, 0.5) is 5.95 Å². The molecular weight excluding hydrogens is 272 g/mol. The number of phenols is 1. The largest absolute Gasteiger partial charge is 0.503 e. The maximum atomic E-state index is 9.68. The lowest BCUT2D eigenvalue weighted by molar-refractivity contribution is 0.318. The summed E-state index contributed by atoms with van der Waals surface area (Å²) in [7, 11) is 0. The number of aromatic hydroxyl groups is 1. The van der Waals surface area contributed by atoms with Crippen LogP contribution in [0.15, 0.2) is 17.2 Å². The van der Waals surface area contributed by atoms with Crippen LogP contribution in [0.2, 0.25) is 5.02 Å². The Kier molecular flexibility index (Phi) is 4.14. The van der Waals surface area contributed by atoms with Crippen molar-refractivity contribution in [3.8, 4) is 11.5 Å². The average molecular weight is 283 g/mol. The van der Waals surface area contributed by atoms with Gasteiger partial charge >= 0.3 is 0 Å². The first-order valence-corrected chi connectivity index (χ1v) is 5.76. The Morgan fingerprint density at radius 2 is 2.42 bits per heavy atom. The first kappa shape index (κ1) is 13.1. The third kappa shape index (κ3) is 3.32. The number of benzene rings is 1. The number of hydrogen-bond donors (Lipinski definition) is 3. The molecule has 2 aromatic rings. The van der Waals surface area contributed by atoms with E-state index in [4.69, 9.17) is 16.3 Å². The normalized spacial score (nSPS) is 10.8. The zero-order valence-corrected chi connectivity index (χ0v) is 10.7. The van der Waals surface area contributed by atoms with Crippen molar-refractivity contribution in [1.82, 2.24) is 20.6 Å². The van der Waals surface area contributed by atoms with E-state index in [1.165, 1.54) is 6.21 Å². The lowest BCUT2D eigenvalue weighted by Gasteiger charge is -2.07. The molecule has 0 bridgehead atoms. The number of hydrazone groups is 1. The average Bonchev–Trinajstić information content (AvgIpc) is 2.89. The Bertz CT molecular complexity index is 572. The molecule has 8 nitrogen and oxygen atoms in total. The Morgan fingerprint density at radius 1 is 1.58 bits per heavy atom. The Hall–Kier alpha value is -2.35. The number of ether oxygens (including phenoxy) is 1. The van der Waals surface area contributed by atoms with Gasteiger partial charge in [0.2, 0.25) is 0 Å². The number of aromatic nitrogens is 4. The van der Waals surface area contributed by atoms with E-state index >= 15 is 0 Å². The predicted molar refractivity (Wildman–Crippen MR) is 69.7 cm³/mol. The molecule has 0 saturated heterocycles. The van der Waals surface area contributed by atoms with E-state index in [1.807, 2.05) is 6.92 Å². The van der Waals surface area contributed by atoms with Crippen molar-refractivity contribution in [3.63, 3.8) is 0 Å². The van der Waals surface area contributed by atoms with E-state index in [0.29, 0.717) is 17.9 Å². The van der Waals surface area contributed by atoms with Crippen molar-refractivity contribution in [1.29, 1.82) is 0 Å². The minimum absolute atomic E-state index is 0.0909. The first-order valence-electron chi connectivity index (χ1n) is 5.38. The van der Waals surface area contributed by atoms with Gasteiger partial charge in [-0.3, -0.25) is 0 Å². The molecule has 0 aliphatic rings. The molecule has 0 saturated carbocycles. The molecule has 0 radical (unpaired) electrons. The zero-order chi connectivity index (χ0) is 13.7. The van der Waals surface area contributed by atoms with Crippen LogP contribution < -0.4 is 10.2 Å². The second-order valence-electron chi connectivity index (χ2n) is 3.39. The molecule has 0 unspecified atom stereocenters. The van der Waals surface area contributed by atoms with Crippen LogP contribution in [0.25, 0.3) is 0 Å². The molecular formula is C10H11ClN6O2. The van der Waals surface area contributed by atoms with Crippen LogP contribution in [0.3, 0.4) is 0 Å². The molecule has 2 rings (SSSR count). The summed E-state index contributed by atoms with van der Waals surface area (Å²) in [5, 5.41) is 26.7. The summed E-state index contributed by atoms with van der Waals surface area (Å²) in [5.74, 6) is 0.453. The van der Waals surface area contributed by atoms with E-state index in [0.717, 1.165) is 0 Å². The molecule has 9 heteroatoms.